The van der Waals surface area contributed by atoms with E-state index in [9.17, 15) is 8.42 Å². The first kappa shape index (κ1) is 14.2. The van der Waals surface area contributed by atoms with Crippen LogP contribution in [0.3, 0.4) is 0 Å². The number of sulfonamides is 1. The van der Waals surface area contributed by atoms with Crippen LogP contribution >= 0.6 is 0 Å². The molecule has 1 aliphatic rings. The van der Waals surface area contributed by atoms with Crippen LogP contribution < -0.4 is 5.32 Å². The highest BCUT2D eigenvalue weighted by atomic mass is 32.2. The van der Waals surface area contributed by atoms with Gasteiger partial charge in [0, 0.05) is 36.9 Å². The standard InChI is InChI=1S/C13H17N5O2S/c1-21(19,20)18-7-3-5-11(9-18)16-13-15-8-10-4-2-6-14-12(10)17-13/h2,4,6,8,11H,3,5,7,9H2,1H3,(H,14,15,16,17). The second-order valence-corrected chi connectivity index (χ2v) is 7.20. The number of nitrogens with one attached hydrogen (secondary N) is 1. The van der Waals surface area contributed by atoms with E-state index in [1.54, 1.807) is 12.4 Å². The van der Waals surface area contributed by atoms with Crippen LogP contribution in [-0.2, 0) is 10.0 Å². The summed E-state index contributed by atoms with van der Waals surface area (Å²) in [7, 11) is -3.15. The van der Waals surface area contributed by atoms with Gasteiger partial charge in [-0.05, 0) is 25.0 Å². The third-order valence-electron chi connectivity index (χ3n) is 3.54. The molecule has 8 heteroatoms. The quantitative estimate of drug-likeness (QED) is 0.905. The van der Waals surface area contributed by atoms with Crippen molar-refractivity contribution in [1.82, 2.24) is 19.3 Å². The number of hydrogen-bond acceptors (Lipinski definition) is 6. The normalized spacial score (nSPS) is 20.5. The fourth-order valence-electron chi connectivity index (χ4n) is 2.48. The number of rotatable bonds is 3. The number of fused-ring (bicyclic) bond motifs is 1. The van der Waals surface area contributed by atoms with Crippen molar-refractivity contribution in [2.75, 3.05) is 24.7 Å². The Balaban J connectivity index is 1.75. The van der Waals surface area contributed by atoms with Gasteiger partial charge in [0.1, 0.15) is 0 Å². The van der Waals surface area contributed by atoms with Gasteiger partial charge in [-0.25, -0.2) is 22.7 Å². The average molecular weight is 307 g/mol. The second kappa shape index (κ2) is 5.53. The molecule has 0 aromatic carbocycles. The zero-order valence-electron chi connectivity index (χ0n) is 11.7. The predicted molar refractivity (Wildman–Crippen MR) is 80.4 cm³/mol. The third-order valence-corrected chi connectivity index (χ3v) is 4.81. The van der Waals surface area contributed by atoms with E-state index in [0.29, 0.717) is 24.7 Å². The number of piperidine rings is 1. The lowest BCUT2D eigenvalue weighted by Crippen LogP contribution is -2.44. The Morgan fingerprint density at radius 1 is 1.38 bits per heavy atom. The molecule has 3 heterocycles. The molecule has 1 atom stereocenters. The van der Waals surface area contributed by atoms with E-state index in [1.807, 2.05) is 12.1 Å². The zero-order chi connectivity index (χ0) is 14.9. The molecule has 0 spiro atoms. The molecule has 1 N–H and O–H groups in total. The van der Waals surface area contributed by atoms with Gasteiger partial charge in [0.05, 0.1) is 6.26 Å². The molecule has 0 radical (unpaired) electrons. The van der Waals surface area contributed by atoms with Gasteiger partial charge in [0.25, 0.3) is 0 Å². The molecule has 1 aliphatic heterocycles. The van der Waals surface area contributed by atoms with Gasteiger partial charge in [-0.3, -0.25) is 0 Å². The molecule has 0 bridgehead atoms. The highest BCUT2D eigenvalue weighted by Gasteiger charge is 2.26. The first-order valence-electron chi connectivity index (χ1n) is 6.82. The van der Waals surface area contributed by atoms with E-state index in [4.69, 9.17) is 0 Å². The van der Waals surface area contributed by atoms with Crippen molar-refractivity contribution >= 4 is 27.0 Å². The summed E-state index contributed by atoms with van der Waals surface area (Å²) in [6, 6.07) is 3.76. The second-order valence-electron chi connectivity index (χ2n) is 5.21. The monoisotopic (exact) mass is 307 g/mol. The molecule has 3 rings (SSSR count). The van der Waals surface area contributed by atoms with Crippen molar-refractivity contribution in [3.8, 4) is 0 Å². The van der Waals surface area contributed by atoms with Crippen molar-refractivity contribution in [3.63, 3.8) is 0 Å². The minimum atomic E-state index is -3.15. The smallest absolute Gasteiger partial charge is 0.224 e. The SMILES string of the molecule is CS(=O)(=O)N1CCCC(Nc2ncc3cccnc3n2)C1. The lowest BCUT2D eigenvalue weighted by Gasteiger charge is -2.31. The topological polar surface area (TPSA) is 88.1 Å². The highest BCUT2D eigenvalue weighted by Crippen LogP contribution is 2.17. The lowest BCUT2D eigenvalue weighted by molar-refractivity contribution is 0.328. The van der Waals surface area contributed by atoms with E-state index >= 15 is 0 Å². The third kappa shape index (κ3) is 3.27. The first-order valence-corrected chi connectivity index (χ1v) is 8.66. The van der Waals surface area contributed by atoms with Crippen LogP contribution in [0.5, 0.6) is 0 Å². The molecule has 1 unspecified atom stereocenters. The Kier molecular flexibility index (Phi) is 3.73. The minimum Gasteiger partial charge on any atom is -0.350 e. The molecule has 2 aromatic heterocycles. The maximum absolute atomic E-state index is 11.6. The van der Waals surface area contributed by atoms with Crippen molar-refractivity contribution < 1.29 is 8.42 Å². The molecular weight excluding hydrogens is 290 g/mol. The van der Waals surface area contributed by atoms with E-state index < -0.39 is 10.0 Å². The van der Waals surface area contributed by atoms with E-state index in [2.05, 4.69) is 20.3 Å². The molecule has 7 nitrogen and oxygen atoms in total. The molecular formula is C13H17N5O2S. The fraction of sp³-hybridized carbons (Fsp3) is 0.462. The molecule has 112 valence electrons. The summed E-state index contributed by atoms with van der Waals surface area (Å²) >= 11 is 0. The minimum absolute atomic E-state index is 0.0228. The number of anilines is 1. The van der Waals surface area contributed by atoms with E-state index in [1.165, 1.54) is 10.6 Å². The van der Waals surface area contributed by atoms with Crippen LogP contribution in [-0.4, -0.2) is 53.1 Å². The van der Waals surface area contributed by atoms with Crippen LogP contribution in [0.4, 0.5) is 5.95 Å². The van der Waals surface area contributed by atoms with Gasteiger partial charge in [0.2, 0.25) is 16.0 Å². The van der Waals surface area contributed by atoms with Gasteiger partial charge < -0.3 is 5.32 Å². The first-order chi connectivity index (χ1) is 10.0. The van der Waals surface area contributed by atoms with Crippen LogP contribution in [0.1, 0.15) is 12.8 Å². The summed E-state index contributed by atoms with van der Waals surface area (Å²) in [6.45, 7) is 1.03. The average Bonchev–Trinajstić information content (AvgIpc) is 2.46. The van der Waals surface area contributed by atoms with Crippen LogP contribution in [0.2, 0.25) is 0 Å². The summed E-state index contributed by atoms with van der Waals surface area (Å²) in [6.07, 6.45) is 6.37. The summed E-state index contributed by atoms with van der Waals surface area (Å²) in [4.78, 5) is 12.8. The Morgan fingerprint density at radius 2 is 2.24 bits per heavy atom. The highest BCUT2D eigenvalue weighted by molar-refractivity contribution is 7.88. The van der Waals surface area contributed by atoms with Gasteiger partial charge >= 0.3 is 0 Å². The maximum atomic E-state index is 11.6. The Bertz CT molecular complexity index is 749. The zero-order valence-corrected chi connectivity index (χ0v) is 12.5. The number of aromatic nitrogens is 3. The predicted octanol–water partition coefficient (Wildman–Crippen LogP) is 0.861. The lowest BCUT2D eigenvalue weighted by atomic mass is 10.1. The molecule has 0 aliphatic carbocycles. The largest absolute Gasteiger partial charge is 0.350 e. The molecule has 0 saturated carbocycles. The van der Waals surface area contributed by atoms with Crippen LogP contribution in [0, 0.1) is 0 Å². The Labute approximate surface area is 123 Å². The number of hydrogen-bond donors (Lipinski definition) is 1. The maximum Gasteiger partial charge on any atom is 0.224 e. The molecule has 1 fully saturated rings. The van der Waals surface area contributed by atoms with Crippen molar-refractivity contribution in [2.45, 2.75) is 18.9 Å². The summed E-state index contributed by atoms with van der Waals surface area (Å²) in [5, 5.41) is 4.09. The fourth-order valence-corrected chi connectivity index (χ4v) is 3.39. The van der Waals surface area contributed by atoms with E-state index in [-0.39, 0.29) is 6.04 Å². The Morgan fingerprint density at radius 3 is 3.05 bits per heavy atom. The van der Waals surface area contributed by atoms with Crippen LogP contribution in [0.15, 0.2) is 24.5 Å². The molecule has 21 heavy (non-hydrogen) atoms. The number of pyridine rings is 1. The summed E-state index contributed by atoms with van der Waals surface area (Å²) in [5.74, 6) is 0.488. The van der Waals surface area contributed by atoms with Gasteiger partial charge in [-0.15, -0.1) is 0 Å². The summed E-state index contributed by atoms with van der Waals surface area (Å²) < 4.78 is 24.7. The molecule has 2 aromatic rings. The van der Waals surface area contributed by atoms with E-state index in [0.717, 1.165) is 18.2 Å². The number of nitrogens with zero attached hydrogens (tertiary/aromatic N) is 4. The Hall–Kier alpha value is -1.80. The van der Waals surface area contributed by atoms with Gasteiger partial charge in [-0.2, -0.15) is 4.98 Å². The van der Waals surface area contributed by atoms with Crippen LogP contribution in [0.25, 0.3) is 11.0 Å². The van der Waals surface area contributed by atoms with Crippen molar-refractivity contribution in [1.29, 1.82) is 0 Å². The van der Waals surface area contributed by atoms with Crippen molar-refractivity contribution in [2.24, 2.45) is 0 Å². The van der Waals surface area contributed by atoms with Crippen molar-refractivity contribution in [3.05, 3.63) is 24.5 Å². The summed E-state index contributed by atoms with van der Waals surface area (Å²) in [5.41, 5.74) is 0.630. The van der Waals surface area contributed by atoms with Gasteiger partial charge in [0.15, 0.2) is 5.65 Å². The van der Waals surface area contributed by atoms with Gasteiger partial charge in [-0.1, -0.05) is 0 Å². The molecule has 0 amide bonds. The molecule has 1 saturated heterocycles.